The number of carbonyl (C=O) groups is 3. The fourth-order valence-electron chi connectivity index (χ4n) is 4.31. The normalized spacial score (nSPS) is 12.8. The third-order valence-electron chi connectivity index (χ3n) is 6.49. The first kappa shape index (κ1) is 31.3. The van der Waals surface area contributed by atoms with Gasteiger partial charge in [0.1, 0.15) is 33.6 Å². The van der Waals surface area contributed by atoms with Crippen LogP contribution in [0, 0.1) is 0 Å². The van der Waals surface area contributed by atoms with Gasteiger partial charge >= 0.3 is 0 Å². The van der Waals surface area contributed by atoms with Gasteiger partial charge in [0.2, 0.25) is 0 Å². The summed E-state index contributed by atoms with van der Waals surface area (Å²) >= 11 is 1.12. The second kappa shape index (κ2) is 14.5. The van der Waals surface area contributed by atoms with Crippen molar-refractivity contribution in [1.29, 1.82) is 0 Å². The summed E-state index contributed by atoms with van der Waals surface area (Å²) in [5.74, 6) is 0.659. The molecule has 0 saturated heterocycles. The molecule has 0 radical (unpaired) electrons. The first-order chi connectivity index (χ1) is 20.8. The third kappa shape index (κ3) is 7.22. The Labute approximate surface area is 254 Å². The van der Waals surface area contributed by atoms with Crippen molar-refractivity contribution in [2.45, 2.75) is 11.3 Å². The largest absolute Gasteiger partial charge is 0.497 e. The van der Waals surface area contributed by atoms with E-state index in [4.69, 9.17) is 23.7 Å². The first-order valence-corrected chi connectivity index (χ1v) is 14.0. The number of nitrogens with one attached hydrogen (secondary N) is 2. The van der Waals surface area contributed by atoms with E-state index in [-0.39, 0.29) is 23.1 Å². The molecule has 43 heavy (non-hydrogen) atoms. The Bertz CT molecular complexity index is 1540. The molecule has 4 rings (SSSR count). The van der Waals surface area contributed by atoms with Crippen LogP contribution < -0.4 is 29.6 Å². The molecule has 0 aromatic heterocycles. The van der Waals surface area contributed by atoms with Crippen molar-refractivity contribution >= 4 is 40.9 Å². The minimum atomic E-state index is -0.461. The Morgan fingerprint density at radius 1 is 0.814 bits per heavy atom. The predicted molar refractivity (Wildman–Crippen MR) is 163 cm³/mol. The maximum absolute atomic E-state index is 13.5. The Hall–Kier alpha value is -4.68. The van der Waals surface area contributed by atoms with Crippen LogP contribution in [0.5, 0.6) is 23.0 Å². The van der Waals surface area contributed by atoms with Gasteiger partial charge in [-0.15, -0.1) is 0 Å². The van der Waals surface area contributed by atoms with E-state index < -0.39 is 11.8 Å². The molecular formula is C31H33N3O8S. The van der Waals surface area contributed by atoms with Crippen molar-refractivity contribution < 1.29 is 38.1 Å². The fraction of sp³-hybridized carbons (Fsp3) is 0.258. The highest BCUT2D eigenvalue weighted by Gasteiger charge is 2.39. The van der Waals surface area contributed by atoms with Crippen molar-refractivity contribution in [3.8, 4) is 23.0 Å². The zero-order valence-corrected chi connectivity index (χ0v) is 25.3. The number of nitrogens with zero attached hydrogens (tertiary/aromatic N) is 1. The van der Waals surface area contributed by atoms with Crippen LogP contribution >= 0.6 is 11.8 Å². The highest BCUT2D eigenvalue weighted by atomic mass is 32.2. The maximum atomic E-state index is 13.5. The minimum Gasteiger partial charge on any atom is -0.497 e. The van der Waals surface area contributed by atoms with Gasteiger partial charge in [-0.2, -0.15) is 0 Å². The van der Waals surface area contributed by atoms with Gasteiger partial charge in [0.25, 0.3) is 17.7 Å². The Morgan fingerprint density at radius 3 is 2.19 bits per heavy atom. The number of thioether (sulfide) groups is 1. The van der Waals surface area contributed by atoms with E-state index in [1.54, 1.807) is 74.9 Å². The number of hydrogen-bond donors (Lipinski definition) is 2. The van der Waals surface area contributed by atoms with Crippen LogP contribution in [0.25, 0.3) is 0 Å². The molecule has 0 atom stereocenters. The van der Waals surface area contributed by atoms with Crippen LogP contribution in [0.3, 0.4) is 0 Å². The summed E-state index contributed by atoms with van der Waals surface area (Å²) in [6.07, 6.45) is 0.488. The lowest BCUT2D eigenvalue weighted by molar-refractivity contribution is -0.137. The van der Waals surface area contributed by atoms with E-state index in [1.807, 2.05) is 0 Å². The number of amides is 3. The molecular weight excluding hydrogens is 574 g/mol. The standard InChI is InChI=1S/C31H33N3O8S/c1-38-15-7-14-34-30(36)27(33-24-13-11-21(40-3)18-26(24)42-5)28(31(34)37)43-22-9-6-8-19(16-22)32-29(35)23-12-10-20(39-2)17-25(23)41-4/h6,8-13,16-18,33H,7,14-15H2,1-5H3,(H,32,35). The van der Waals surface area contributed by atoms with Crippen LogP contribution in [0.2, 0.25) is 0 Å². The second-order valence-corrected chi connectivity index (χ2v) is 10.2. The Balaban J connectivity index is 1.62. The average Bonchev–Trinajstić information content (AvgIpc) is 3.24. The van der Waals surface area contributed by atoms with Gasteiger partial charge in [0.05, 0.1) is 39.7 Å². The Kier molecular flexibility index (Phi) is 10.5. The number of hydrogen-bond acceptors (Lipinski definition) is 10. The van der Waals surface area contributed by atoms with Gasteiger partial charge in [-0.3, -0.25) is 19.3 Å². The molecule has 3 aromatic carbocycles. The monoisotopic (exact) mass is 607 g/mol. The number of carbonyl (C=O) groups excluding carboxylic acids is 3. The lowest BCUT2D eigenvalue weighted by Crippen LogP contribution is -2.33. The quantitative estimate of drug-likeness (QED) is 0.195. The molecule has 226 valence electrons. The van der Waals surface area contributed by atoms with E-state index in [9.17, 15) is 14.4 Å². The zero-order chi connectivity index (χ0) is 30.9. The van der Waals surface area contributed by atoms with E-state index in [2.05, 4.69) is 10.6 Å². The molecule has 0 bridgehead atoms. The van der Waals surface area contributed by atoms with Crippen LogP contribution in [-0.4, -0.2) is 71.3 Å². The average molecular weight is 608 g/mol. The number of ether oxygens (including phenoxy) is 5. The highest BCUT2D eigenvalue weighted by Crippen LogP contribution is 2.39. The number of benzene rings is 3. The molecule has 1 heterocycles. The third-order valence-corrected chi connectivity index (χ3v) is 7.56. The van der Waals surface area contributed by atoms with Crippen molar-refractivity contribution in [2.24, 2.45) is 0 Å². The van der Waals surface area contributed by atoms with Crippen LogP contribution in [0.4, 0.5) is 11.4 Å². The number of rotatable bonds is 14. The molecule has 3 aromatic rings. The predicted octanol–water partition coefficient (Wildman–Crippen LogP) is 4.79. The molecule has 0 saturated carbocycles. The van der Waals surface area contributed by atoms with Crippen molar-refractivity contribution in [2.75, 3.05) is 59.3 Å². The van der Waals surface area contributed by atoms with Crippen molar-refractivity contribution in [3.63, 3.8) is 0 Å². The van der Waals surface area contributed by atoms with E-state index in [0.717, 1.165) is 11.8 Å². The molecule has 1 aliphatic rings. The summed E-state index contributed by atoms with van der Waals surface area (Å²) in [6.45, 7) is 0.593. The summed E-state index contributed by atoms with van der Waals surface area (Å²) in [5, 5.41) is 5.98. The molecule has 0 unspecified atom stereocenters. The topological polar surface area (TPSA) is 125 Å². The summed E-state index contributed by atoms with van der Waals surface area (Å²) in [6, 6.07) is 17.0. The summed E-state index contributed by atoms with van der Waals surface area (Å²) in [5.41, 5.74) is 1.43. The number of anilines is 2. The molecule has 2 N–H and O–H groups in total. The highest BCUT2D eigenvalue weighted by molar-refractivity contribution is 8.04. The molecule has 3 amide bonds. The second-order valence-electron chi connectivity index (χ2n) is 9.15. The molecule has 0 fully saturated rings. The molecule has 12 heteroatoms. The van der Waals surface area contributed by atoms with Gasteiger partial charge < -0.3 is 34.3 Å². The zero-order valence-electron chi connectivity index (χ0n) is 24.5. The molecule has 0 aliphatic carbocycles. The van der Waals surface area contributed by atoms with Crippen LogP contribution in [0.1, 0.15) is 16.8 Å². The number of methoxy groups -OCH3 is 5. The summed E-state index contributed by atoms with van der Waals surface area (Å²) in [7, 11) is 7.61. The molecule has 0 spiro atoms. The van der Waals surface area contributed by atoms with E-state index in [1.165, 1.54) is 26.2 Å². The van der Waals surface area contributed by atoms with Gasteiger partial charge in [0.15, 0.2) is 0 Å². The fourth-order valence-corrected chi connectivity index (χ4v) is 5.31. The molecule has 1 aliphatic heterocycles. The molecule has 11 nitrogen and oxygen atoms in total. The van der Waals surface area contributed by atoms with Crippen LogP contribution in [-0.2, 0) is 14.3 Å². The summed E-state index contributed by atoms with van der Waals surface area (Å²) in [4.78, 5) is 42.2. The van der Waals surface area contributed by atoms with Crippen LogP contribution in [0.15, 0.2) is 76.2 Å². The van der Waals surface area contributed by atoms with E-state index >= 15 is 0 Å². The van der Waals surface area contributed by atoms with E-state index in [0.29, 0.717) is 57.9 Å². The van der Waals surface area contributed by atoms with Crippen molar-refractivity contribution in [1.82, 2.24) is 4.90 Å². The lowest BCUT2D eigenvalue weighted by atomic mass is 10.1. The number of imide groups is 1. The van der Waals surface area contributed by atoms with Gasteiger partial charge in [-0.1, -0.05) is 17.8 Å². The van der Waals surface area contributed by atoms with Gasteiger partial charge in [-0.25, -0.2) is 0 Å². The smallest absolute Gasteiger partial charge is 0.278 e. The maximum Gasteiger partial charge on any atom is 0.278 e. The Morgan fingerprint density at radius 2 is 1.51 bits per heavy atom. The minimum absolute atomic E-state index is 0.119. The van der Waals surface area contributed by atoms with Gasteiger partial charge in [-0.05, 0) is 48.9 Å². The first-order valence-electron chi connectivity index (χ1n) is 13.2. The SMILES string of the molecule is COCCCN1C(=O)C(Nc2ccc(OC)cc2OC)=C(Sc2cccc(NC(=O)c3ccc(OC)cc3OC)c2)C1=O. The van der Waals surface area contributed by atoms with Crippen molar-refractivity contribution in [3.05, 3.63) is 76.8 Å². The lowest BCUT2D eigenvalue weighted by Gasteiger charge is -2.15. The van der Waals surface area contributed by atoms with Gasteiger partial charge in [0, 0.05) is 43.0 Å². The summed E-state index contributed by atoms with van der Waals surface area (Å²) < 4.78 is 26.4.